The highest BCUT2D eigenvalue weighted by atomic mass is 32.2. The van der Waals surface area contributed by atoms with Crippen LogP contribution in [0, 0.1) is 6.92 Å². The second-order valence-electron chi connectivity index (χ2n) is 5.76. The molecule has 138 valence electrons. The Morgan fingerprint density at radius 3 is 2.52 bits per heavy atom. The summed E-state index contributed by atoms with van der Waals surface area (Å²) in [6, 6.07) is 13.3. The van der Waals surface area contributed by atoms with Gasteiger partial charge in [-0.15, -0.1) is 0 Å². The van der Waals surface area contributed by atoms with Gasteiger partial charge < -0.3 is 9.47 Å². The number of thiocarbonyl (C=S) groups is 1. The van der Waals surface area contributed by atoms with E-state index in [-0.39, 0.29) is 5.91 Å². The lowest BCUT2D eigenvalue weighted by Gasteiger charge is -2.09. The number of rotatable bonds is 5. The minimum atomic E-state index is -0.241. The fraction of sp³-hybridized carbons (Fsp3) is 0.150. The number of aryl methyl sites for hydroxylation is 1. The topological polar surface area (TPSA) is 51.1 Å². The summed E-state index contributed by atoms with van der Waals surface area (Å²) in [4.78, 5) is 13.2. The highest BCUT2D eigenvalue weighted by molar-refractivity contribution is 8.26. The molecule has 0 N–H and O–H groups in total. The summed E-state index contributed by atoms with van der Waals surface area (Å²) in [5.74, 6) is 1.03. The van der Waals surface area contributed by atoms with E-state index in [9.17, 15) is 4.79 Å². The fourth-order valence-corrected chi connectivity index (χ4v) is 3.59. The highest BCUT2D eigenvalue weighted by Crippen LogP contribution is 2.33. The molecule has 1 fully saturated rings. The van der Waals surface area contributed by atoms with Crippen molar-refractivity contribution in [2.24, 2.45) is 5.10 Å². The second kappa shape index (κ2) is 8.37. The molecule has 1 heterocycles. The lowest BCUT2D eigenvalue weighted by Crippen LogP contribution is -2.22. The van der Waals surface area contributed by atoms with E-state index in [1.165, 1.54) is 16.8 Å². The summed E-state index contributed by atoms with van der Waals surface area (Å²) in [6.45, 7) is 2.02. The predicted octanol–water partition coefficient (Wildman–Crippen LogP) is 4.25. The Morgan fingerprint density at radius 2 is 1.85 bits per heavy atom. The zero-order valence-electron chi connectivity index (χ0n) is 15.1. The maximum absolute atomic E-state index is 12.6. The van der Waals surface area contributed by atoms with Crippen LogP contribution in [0.2, 0.25) is 0 Å². The van der Waals surface area contributed by atoms with E-state index in [1.54, 1.807) is 38.6 Å². The first-order valence-corrected chi connectivity index (χ1v) is 9.35. The van der Waals surface area contributed by atoms with Gasteiger partial charge in [0, 0.05) is 11.6 Å². The van der Waals surface area contributed by atoms with Crippen LogP contribution in [0.4, 0.5) is 0 Å². The number of carbonyl (C=O) groups is 1. The van der Waals surface area contributed by atoms with Crippen molar-refractivity contribution in [1.29, 1.82) is 0 Å². The molecule has 0 saturated carbocycles. The number of carbonyl (C=O) groups excluding carboxylic acids is 1. The van der Waals surface area contributed by atoms with Crippen molar-refractivity contribution in [2.75, 3.05) is 14.2 Å². The first kappa shape index (κ1) is 19.1. The van der Waals surface area contributed by atoms with Crippen LogP contribution in [0.3, 0.4) is 0 Å². The largest absolute Gasteiger partial charge is 0.497 e. The Labute approximate surface area is 167 Å². The van der Waals surface area contributed by atoms with Crippen LogP contribution in [-0.2, 0) is 4.79 Å². The monoisotopic (exact) mass is 398 g/mol. The molecule has 2 aromatic rings. The van der Waals surface area contributed by atoms with Crippen molar-refractivity contribution >= 4 is 46.5 Å². The van der Waals surface area contributed by atoms with E-state index >= 15 is 0 Å². The molecule has 1 amide bonds. The van der Waals surface area contributed by atoms with Gasteiger partial charge in [-0.1, -0.05) is 41.6 Å². The SMILES string of the molecule is COc1ccc(/C=N/N2C(=O)/C(=C\c3ccc(C)cc3)SC2=S)c(OC)c1. The third kappa shape index (κ3) is 4.37. The summed E-state index contributed by atoms with van der Waals surface area (Å²) < 4.78 is 10.9. The Bertz CT molecular complexity index is 937. The predicted molar refractivity (Wildman–Crippen MR) is 113 cm³/mol. The number of hydrogen-bond acceptors (Lipinski definition) is 6. The van der Waals surface area contributed by atoms with E-state index in [2.05, 4.69) is 5.10 Å². The number of nitrogens with zero attached hydrogens (tertiary/aromatic N) is 2. The van der Waals surface area contributed by atoms with Crippen molar-refractivity contribution in [1.82, 2.24) is 5.01 Å². The number of hydrogen-bond donors (Lipinski definition) is 0. The third-order valence-electron chi connectivity index (χ3n) is 3.90. The van der Waals surface area contributed by atoms with Crippen LogP contribution >= 0.6 is 24.0 Å². The van der Waals surface area contributed by atoms with Crippen LogP contribution in [0.5, 0.6) is 11.5 Å². The van der Waals surface area contributed by atoms with Gasteiger partial charge in [-0.2, -0.15) is 10.1 Å². The van der Waals surface area contributed by atoms with Crippen LogP contribution in [0.15, 0.2) is 52.5 Å². The van der Waals surface area contributed by atoms with Crippen molar-refractivity contribution in [3.63, 3.8) is 0 Å². The minimum absolute atomic E-state index is 0.241. The molecule has 1 aliphatic heterocycles. The molecule has 0 aliphatic carbocycles. The molecule has 0 unspecified atom stereocenters. The van der Waals surface area contributed by atoms with E-state index in [4.69, 9.17) is 21.7 Å². The molecule has 1 aliphatic rings. The number of amides is 1. The zero-order chi connectivity index (χ0) is 19.4. The molecule has 0 spiro atoms. The Hall–Kier alpha value is -2.64. The normalized spacial score (nSPS) is 15.8. The van der Waals surface area contributed by atoms with Gasteiger partial charge in [-0.05, 0) is 42.9 Å². The Balaban J connectivity index is 1.81. The first-order valence-electron chi connectivity index (χ1n) is 8.12. The maximum atomic E-state index is 12.6. The van der Waals surface area contributed by atoms with Crippen LogP contribution in [0.1, 0.15) is 16.7 Å². The van der Waals surface area contributed by atoms with Gasteiger partial charge in [0.25, 0.3) is 5.91 Å². The quantitative estimate of drug-likeness (QED) is 0.428. The lowest BCUT2D eigenvalue weighted by molar-refractivity contribution is -0.122. The molecule has 2 aromatic carbocycles. The summed E-state index contributed by atoms with van der Waals surface area (Å²) in [7, 11) is 3.15. The average Bonchev–Trinajstić information content (AvgIpc) is 2.94. The third-order valence-corrected chi connectivity index (χ3v) is 5.18. The molecule has 3 rings (SSSR count). The molecule has 27 heavy (non-hydrogen) atoms. The molecular weight excluding hydrogens is 380 g/mol. The molecule has 7 heteroatoms. The first-order chi connectivity index (χ1) is 13.0. The smallest absolute Gasteiger partial charge is 0.286 e. The van der Waals surface area contributed by atoms with Crippen molar-refractivity contribution in [2.45, 2.75) is 6.92 Å². The van der Waals surface area contributed by atoms with E-state index in [1.807, 2.05) is 37.3 Å². The Morgan fingerprint density at radius 1 is 1.11 bits per heavy atom. The van der Waals surface area contributed by atoms with Gasteiger partial charge in [0.15, 0.2) is 4.32 Å². The van der Waals surface area contributed by atoms with Crippen LogP contribution in [0.25, 0.3) is 6.08 Å². The van der Waals surface area contributed by atoms with Gasteiger partial charge in [-0.3, -0.25) is 4.79 Å². The average molecular weight is 399 g/mol. The summed E-state index contributed by atoms with van der Waals surface area (Å²) in [6.07, 6.45) is 3.38. The fourth-order valence-electron chi connectivity index (χ4n) is 2.42. The molecule has 0 radical (unpaired) electrons. The minimum Gasteiger partial charge on any atom is -0.497 e. The lowest BCUT2D eigenvalue weighted by atomic mass is 10.1. The van der Waals surface area contributed by atoms with E-state index in [0.29, 0.717) is 20.7 Å². The van der Waals surface area contributed by atoms with Gasteiger partial charge in [0.1, 0.15) is 11.5 Å². The molecule has 0 bridgehead atoms. The number of methoxy groups -OCH3 is 2. The maximum Gasteiger partial charge on any atom is 0.286 e. The number of hydrazone groups is 1. The summed E-state index contributed by atoms with van der Waals surface area (Å²) >= 11 is 6.55. The molecule has 1 saturated heterocycles. The van der Waals surface area contributed by atoms with Gasteiger partial charge in [-0.25, -0.2) is 0 Å². The standard InChI is InChI=1S/C20H18N2O3S2/c1-13-4-6-14(7-5-13)10-18-19(23)22(20(26)27-18)21-12-15-8-9-16(24-2)11-17(15)25-3/h4-12H,1-3H3/b18-10+,21-12+. The number of ether oxygens (including phenoxy) is 2. The highest BCUT2D eigenvalue weighted by Gasteiger charge is 2.32. The molecular formula is C20H18N2O3S2. The van der Waals surface area contributed by atoms with Gasteiger partial charge in [0.05, 0.1) is 25.3 Å². The van der Waals surface area contributed by atoms with Crippen molar-refractivity contribution in [3.05, 3.63) is 64.1 Å². The van der Waals surface area contributed by atoms with E-state index < -0.39 is 0 Å². The van der Waals surface area contributed by atoms with Gasteiger partial charge >= 0.3 is 0 Å². The van der Waals surface area contributed by atoms with Crippen molar-refractivity contribution in [3.8, 4) is 11.5 Å². The summed E-state index contributed by atoms with van der Waals surface area (Å²) in [5, 5.41) is 5.49. The van der Waals surface area contributed by atoms with Crippen LogP contribution < -0.4 is 9.47 Å². The number of thioether (sulfide) groups is 1. The van der Waals surface area contributed by atoms with Gasteiger partial charge in [0.2, 0.25) is 0 Å². The zero-order valence-corrected chi connectivity index (χ0v) is 16.8. The second-order valence-corrected chi connectivity index (χ2v) is 7.43. The Kier molecular flexibility index (Phi) is 5.93. The molecule has 5 nitrogen and oxygen atoms in total. The summed E-state index contributed by atoms with van der Waals surface area (Å²) in [5.41, 5.74) is 2.83. The number of benzene rings is 2. The molecule has 0 atom stereocenters. The van der Waals surface area contributed by atoms with Crippen molar-refractivity contribution < 1.29 is 14.3 Å². The molecule has 0 aromatic heterocycles. The van der Waals surface area contributed by atoms with E-state index in [0.717, 1.165) is 16.7 Å². The van der Waals surface area contributed by atoms with Crippen LogP contribution in [-0.4, -0.2) is 35.7 Å².